The number of methoxy groups -OCH3 is 2. The van der Waals surface area contributed by atoms with Crippen LogP contribution in [0.25, 0.3) is 0 Å². The van der Waals surface area contributed by atoms with Crippen molar-refractivity contribution in [3.05, 3.63) is 44.3 Å². The van der Waals surface area contributed by atoms with E-state index < -0.39 is 10.9 Å². The van der Waals surface area contributed by atoms with E-state index in [0.717, 1.165) is 24.8 Å². The molecule has 1 aromatic heterocycles. The zero-order valence-electron chi connectivity index (χ0n) is 16.2. The molecule has 1 heterocycles. The number of fused-ring (bicyclic) bond motifs is 1. The number of hydrogen-bond acceptors (Lipinski definition) is 7. The lowest BCUT2D eigenvalue weighted by molar-refractivity contribution is -0.384. The molecule has 0 saturated carbocycles. The quantitative estimate of drug-likeness (QED) is 0.309. The van der Waals surface area contributed by atoms with Crippen molar-refractivity contribution in [2.75, 3.05) is 24.9 Å². The van der Waals surface area contributed by atoms with Crippen molar-refractivity contribution in [3.8, 4) is 5.75 Å². The molecule has 1 unspecified atom stereocenters. The molecule has 0 amide bonds. The average Bonchev–Trinajstić information content (AvgIpc) is 3.03. The molecule has 1 aliphatic carbocycles. The second-order valence-electron chi connectivity index (χ2n) is 6.77. The predicted octanol–water partition coefficient (Wildman–Crippen LogP) is 4.39. The van der Waals surface area contributed by atoms with E-state index in [1.165, 1.54) is 48.6 Å². The molecule has 8 nitrogen and oxygen atoms in total. The SMILES string of the molecule is COC(=O)c1c(NC(=S)Nc2ccc([N+](=O)[O-])cc2OC)sc2c1CCC(C)C2. The summed E-state index contributed by atoms with van der Waals surface area (Å²) in [4.78, 5) is 24.0. The van der Waals surface area contributed by atoms with E-state index in [2.05, 4.69) is 17.6 Å². The Balaban J connectivity index is 1.84. The number of nitro groups is 1. The molecule has 1 atom stereocenters. The number of nitrogens with one attached hydrogen (secondary N) is 2. The van der Waals surface area contributed by atoms with Crippen molar-refractivity contribution in [2.45, 2.75) is 26.2 Å². The molecule has 0 fully saturated rings. The van der Waals surface area contributed by atoms with Crippen LogP contribution >= 0.6 is 23.6 Å². The first-order chi connectivity index (χ1) is 13.8. The van der Waals surface area contributed by atoms with Gasteiger partial charge in [0.25, 0.3) is 5.69 Å². The van der Waals surface area contributed by atoms with E-state index in [-0.39, 0.29) is 16.5 Å². The van der Waals surface area contributed by atoms with Gasteiger partial charge in [-0.1, -0.05) is 6.92 Å². The number of rotatable bonds is 5. The van der Waals surface area contributed by atoms with Gasteiger partial charge in [-0.25, -0.2) is 4.79 Å². The highest BCUT2D eigenvalue weighted by molar-refractivity contribution is 7.80. The number of carbonyl (C=O) groups is 1. The fraction of sp³-hybridized carbons (Fsp3) is 0.368. The summed E-state index contributed by atoms with van der Waals surface area (Å²) < 4.78 is 10.2. The second kappa shape index (κ2) is 8.75. The Hall–Kier alpha value is -2.72. The first-order valence-electron chi connectivity index (χ1n) is 8.97. The summed E-state index contributed by atoms with van der Waals surface area (Å²) in [7, 11) is 2.78. The third-order valence-electron chi connectivity index (χ3n) is 4.77. The maximum Gasteiger partial charge on any atom is 0.341 e. The minimum absolute atomic E-state index is 0.0840. The minimum atomic E-state index is -0.497. The number of esters is 1. The molecule has 0 aliphatic heterocycles. The first kappa shape index (κ1) is 21.0. The van der Waals surface area contributed by atoms with Gasteiger partial charge in [-0.2, -0.15) is 0 Å². The van der Waals surface area contributed by atoms with Crippen LogP contribution in [0.15, 0.2) is 18.2 Å². The Bertz CT molecular complexity index is 973. The van der Waals surface area contributed by atoms with Crippen LogP contribution in [0.1, 0.15) is 34.1 Å². The van der Waals surface area contributed by atoms with E-state index in [0.29, 0.717) is 22.2 Å². The Morgan fingerprint density at radius 3 is 2.76 bits per heavy atom. The van der Waals surface area contributed by atoms with E-state index in [9.17, 15) is 14.9 Å². The average molecular weight is 436 g/mol. The lowest BCUT2D eigenvalue weighted by atomic mass is 9.88. The van der Waals surface area contributed by atoms with Gasteiger partial charge in [-0.05, 0) is 49.0 Å². The summed E-state index contributed by atoms with van der Waals surface area (Å²) in [5, 5.41) is 17.9. The Morgan fingerprint density at radius 1 is 1.34 bits per heavy atom. The predicted molar refractivity (Wildman–Crippen MR) is 116 cm³/mol. The number of nitrogens with zero attached hydrogens (tertiary/aromatic N) is 1. The van der Waals surface area contributed by atoms with Crippen LogP contribution in [0, 0.1) is 16.0 Å². The molecule has 154 valence electrons. The topological polar surface area (TPSA) is 103 Å². The standard InChI is InChI=1S/C19H21N3O5S2/c1-10-4-6-12-15(8-10)29-17(16(12)18(23)27-3)21-19(28)20-13-7-5-11(22(24)25)9-14(13)26-2/h5,7,9-10H,4,6,8H2,1-3H3,(H2,20,21,28). The molecule has 10 heteroatoms. The summed E-state index contributed by atoms with van der Waals surface area (Å²) in [6.07, 6.45) is 2.77. The van der Waals surface area contributed by atoms with Crippen molar-refractivity contribution in [2.24, 2.45) is 5.92 Å². The van der Waals surface area contributed by atoms with Crippen molar-refractivity contribution >= 4 is 51.0 Å². The van der Waals surface area contributed by atoms with Crippen LogP contribution in [0.4, 0.5) is 16.4 Å². The lowest BCUT2D eigenvalue weighted by Crippen LogP contribution is -2.21. The molecule has 29 heavy (non-hydrogen) atoms. The van der Waals surface area contributed by atoms with Crippen LogP contribution in [0.5, 0.6) is 5.75 Å². The molecule has 0 radical (unpaired) electrons. The largest absolute Gasteiger partial charge is 0.494 e. The minimum Gasteiger partial charge on any atom is -0.494 e. The van der Waals surface area contributed by atoms with Crippen LogP contribution in [-0.2, 0) is 17.6 Å². The Labute approximate surface area is 177 Å². The molecule has 2 aromatic rings. The number of carbonyl (C=O) groups excluding carboxylic acids is 1. The third kappa shape index (κ3) is 4.48. The highest BCUT2D eigenvalue weighted by Gasteiger charge is 2.28. The molecule has 0 saturated heterocycles. The van der Waals surface area contributed by atoms with Crippen LogP contribution < -0.4 is 15.4 Å². The molecular weight excluding hydrogens is 414 g/mol. The van der Waals surface area contributed by atoms with Gasteiger partial charge < -0.3 is 20.1 Å². The monoisotopic (exact) mass is 435 g/mol. The van der Waals surface area contributed by atoms with Crippen LogP contribution in [-0.4, -0.2) is 30.2 Å². The zero-order chi connectivity index (χ0) is 21.1. The van der Waals surface area contributed by atoms with Crippen LogP contribution in [0.3, 0.4) is 0 Å². The highest BCUT2D eigenvalue weighted by Crippen LogP contribution is 2.40. The summed E-state index contributed by atoms with van der Waals surface area (Å²) >= 11 is 6.90. The summed E-state index contributed by atoms with van der Waals surface area (Å²) in [5.41, 5.74) is 1.95. The summed E-state index contributed by atoms with van der Waals surface area (Å²) in [6.45, 7) is 2.20. The number of benzene rings is 1. The van der Waals surface area contributed by atoms with E-state index in [1.807, 2.05) is 0 Å². The number of anilines is 2. The fourth-order valence-electron chi connectivity index (χ4n) is 3.31. The molecule has 1 aromatic carbocycles. The van der Waals surface area contributed by atoms with Gasteiger partial charge in [0, 0.05) is 10.9 Å². The maximum absolute atomic E-state index is 12.4. The third-order valence-corrected chi connectivity index (χ3v) is 6.15. The van der Waals surface area contributed by atoms with E-state index >= 15 is 0 Å². The molecule has 0 spiro atoms. The van der Waals surface area contributed by atoms with Gasteiger partial charge in [-0.15, -0.1) is 11.3 Å². The normalized spacial score (nSPS) is 15.2. The number of thiophene rings is 1. The van der Waals surface area contributed by atoms with E-state index in [4.69, 9.17) is 21.7 Å². The number of hydrogen-bond donors (Lipinski definition) is 2. The Morgan fingerprint density at radius 2 is 2.10 bits per heavy atom. The van der Waals surface area contributed by atoms with Gasteiger partial charge in [0.15, 0.2) is 5.11 Å². The maximum atomic E-state index is 12.4. The van der Waals surface area contributed by atoms with Crippen molar-refractivity contribution < 1.29 is 19.2 Å². The van der Waals surface area contributed by atoms with Gasteiger partial charge in [0.1, 0.15) is 10.8 Å². The lowest BCUT2D eigenvalue weighted by Gasteiger charge is -2.18. The molecule has 0 bridgehead atoms. The van der Waals surface area contributed by atoms with Gasteiger partial charge >= 0.3 is 5.97 Å². The number of non-ortho nitro benzene ring substituents is 1. The van der Waals surface area contributed by atoms with Gasteiger partial charge in [0.2, 0.25) is 0 Å². The summed E-state index contributed by atoms with van der Waals surface area (Å²) in [6, 6.07) is 4.20. The summed E-state index contributed by atoms with van der Waals surface area (Å²) in [5.74, 6) is 0.458. The van der Waals surface area contributed by atoms with Gasteiger partial charge in [0.05, 0.1) is 36.5 Å². The number of thiocarbonyl (C=S) groups is 1. The Kier molecular flexibility index (Phi) is 6.33. The fourth-order valence-corrected chi connectivity index (χ4v) is 4.99. The van der Waals surface area contributed by atoms with Gasteiger partial charge in [-0.3, -0.25) is 10.1 Å². The molecular formula is C19H21N3O5S2. The first-order valence-corrected chi connectivity index (χ1v) is 10.2. The zero-order valence-corrected chi connectivity index (χ0v) is 17.9. The highest BCUT2D eigenvalue weighted by atomic mass is 32.1. The van der Waals surface area contributed by atoms with Crippen molar-refractivity contribution in [1.29, 1.82) is 0 Å². The van der Waals surface area contributed by atoms with Crippen LogP contribution in [0.2, 0.25) is 0 Å². The molecule has 3 rings (SSSR count). The van der Waals surface area contributed by atoms with Crippen molar-refractivity contribution in [1.82, 2.24) is 0 Å². The second-order valence-corrected chi connectivity index (χ2v) is 8.28. The molecule has 2 N–H and O–H groups in total. The number of nitro benzene ring substituents is 1. The number of ether oxygens (including phenoxy) is 2. The van der Waals surface area contributed by atoms with E-state index in [1.54, 1.807) is 0 Å². The smallest absolute Gasteiger partial charge is 0.341 e. The molecule has 1 aliphatic rings. The van der Waals surface area contributed by atoms with Crippen molar-refractivity contribution in [3.63, 3.8) is 0 Å².